The second-order valence-corrected chi connectivity index (χ2v) is 24.2. The minimum absolute atomic E-state index is 0.0747. The average Bonchev–Trinajstić information content (AvgIpc) is 1.63. The maximum Gasteiger partial charge on any atom is 0.409 e. The third-order valence-corrected chi connectivity index (χ3v) is 17.5. The molecule has 0 aliphatic carbocycles. The summed E-state index contributed by atoms with van der Waals surface area (Å²) in [6, 6.07) is 37.4. The van der Waals surface area contributed by atoms with Gasteiger partial charge in [-0.2, -0.15) is 0 Å². The molecule has 7 aromatic carbocycles. The molecule has 0 radical (unpaired) electrons. The SMILES string of the molecule is CN1CCNCC1.COc1cc2c(cc1-c1c(C)noc1C)[nH]c1nc(C)nc(-c3ccc(N)c4ccccc34)c12.COc1cc2c(cc1-c1c(C)noc1C)[nH]c1nc(C)nc(-c3ccc(NC(=O)N4CCN(C)CC4)c4ccccc34)c12.O=C(Cl)Oc1ccc([N+](=O)[O-])cc1. The molecule has 6 aromatic heterocycles. The fourth-order valence-corrected chi connectivity index (χ4v) is 12.7. The standard InChI is InChI=1S/C33H33N7O3.C27H23N5O2.C7H4ClNO4.C5H12N2/c1-18-29(19(2)43-38-18)25-16-27-24(17-28(25)42-5)30-31(34-20(3)35-32(30)36-27)23-10-11-26(22-9-7-6-8-21(22)23)37-33(41)40-14-12-39(4)13-15-40;1-13-24(14(2)34-32-13)20-11-22-19(12-23(20)33-4)25-26(29-15(3)30-27(25)31-22)18-9-10-21(28)17-8-6-5-7-16(17)18;8-7(10)13-6-3-1-5(2-4-6)9(11)12;1-7-4-2-6-3-5-7/h6-11,16-17H,12-15H2,1-5H3,(H,37,41)(H,34,35,36);5-12H,28H2,1-4H3,(H,29,30,31);1-4H;6H,2-5H2,1H3. The molecule has 13 aromatic rings. The number of benzene rings is 7. The van der Waals surface area contributed by atoms with E-state index in [0.29, 0.717) is 30.5 Å². The molecule has 0 spiro atoms. The number of anilines is 2. The first-order valence-corrected chi connectivity index (χ1v) is 31.8. The topological polar surface area (TPSA) is 300 Å². The number of likely N-dealkylation sites (N-methyl/N-ethyl adjacent to an activating group) is 2. The molecular weight excluding hydrogens is 1250 g/mol. The lowest BCUT2D eigenvalue weighted by molar-refractivity contribution is -0.384. The van der Waals surface area contributed by atoms with Gasteiger partial charge in [0.1, 0.15) is 51.7 Å². The molecule has 2 fully saturated rings. The number of nitro benzene ring substituents is 1. The number of rotatable bonds is 9. The van der Waals surface area contributed by atoms with Gasteiger partial charge in [0, 0.05) is 137 Å². The van der Waals surface area contributed by atoms with Crippen LogP contribution in [-0.4, -0.2) is 152 Å². The molecule has 0 atom stereocenters. The summed E-state index contributed by atoms with van der Waals surface area (Å²) < 4.78 is 27.0. The Morgan fingerprint density at radius 3 is 1.52 bits per heavy atom. The predicted molar refractivity (Wildman–Crippen MR) is 379 cm³/mol. The predicted octanol–water partition coefficient (Wildman–Crippen LogP) is 14.3. The van der Waals surface area contributed by atoms with Gasteiger partial charge in [-0.25, -0.2) is 29.5 Å². The minimum atomic E-state index is -0.978. The van der Waals surface area contributed by atoms with Gasteiger partial charge in [0.05, 0.1) is 69.5 Å². The zero-order valence-electron chi connectivity index (χ0n) is 55.3. The lowest BCUT2D eigenvalue weighted by Crippen LogP contribution is -2.48. The maximum atomic E-state index is 13.2. The van der Waals surface area contributed by atoms with E-state index in [9.17, 15) is 19.7 Å². The van der Waals surface area contributed by atoms with Crippen LogP contribution in [0.15, 0.2) is 130 Å². The Labute approximate surface area is 562 Å². The first-order chi connectivity index (χ1) is 46.8. The molecule has 25 heteroatoms. The van der Waals surface area contributed by atoms with Gasteiger partial charge in [-0.1, -0.05) is 71.0 Å². The summed E-state index contributed by atoms with van der Waals surface area (Å²) in [6.45, 7) is 19.4. The third-order valence-electron chi connectivity index (χ3n) is 17.4. The van der Waals surface area contributed by atoms with Crippen LogP contribution in [-0.2, 0) is 0 Å². The molecule has 0 bridgehead atoms. The molecular formula is C72H72ClN15O9. The number of nitro groups is 1. The molecule has 496 valence electrons. The van der Waals surface area contributed by atoms with Crippen LogP contribution in [0.1, 0.15) is 34.6 Å². The number of hydrogen-bond acceptors (Lipinski definition) is 19. The van der Waals surface area contributed by atoms with Crippen LogP contribution in [0.3, 0.4) is 0 Å². The summed E-state index contributed by atoms with van der Waals surface area (Å²) >= 11 is 4.92. The summed E-state index contributed by atoms with van der Waals surface area (Å²) in [4.78, 5) is 65.9. The number of piperazine rings is 2. The van der Waals surface area contributed by atoms with Crippen molar-refractivity contribution in [2.24, 2.45) is 0 Å². The van der Waals surface area contributed by atoms with Crippen molar-refractivity contribution in [3.05, 3.63) is 166 Å². The van der Waals surface area contributed by atoms with E-state index in [0.717, 1.165) is 176 Å². The zero-order valence-corrected chi connectivity index (χ0v) is 56.1. The highest BCUT2D eigenvalue weighted by molar-refractivity contribution is 6.61. The van der Waals surface area contributed by atoms with E-state index >= 15 is 0 Å². The van der Waals surface area contributed by atoms with Crippen molar-refractivity contribution in [1.29, 1.82) is 0 Å². The molecule has 24 nitrogen and oxygen atoms in total. The highest BCUT2D eigenvalue weighted by Crippen LogP contribution is 2.45. The van der Waals surface area contributed by atoms with Gasteiger partial charge in [-0.15, -0.1) is 0 Å². The van der Waals surface area contributed by atoms with Gasteiger partial charge in [-0.3, -0.25) is 10.1 Å². The van der Waals surface area contributed by atoms with Crippen LogP contribution < -0.4 is 30.6 Å². The highest BCUT2D eigenvalue weighted by atomic mass is 35.5. The number of nitrogen functional groups attached to an aromatic ring is 1. The summed E-state index contributed by atoms with van der Waals surface area (Å²) in [7, 11) is 7.57. The Bertz CT molecular complexity index is 5110. The van der Waals surface area contributed by atoms with Crippen LogP contribution >= 0.6 is 11.6 Å². The molecule has 8 heterocycles. The Hall–Kier alpha value is -11.1. The summed E-state index contributed by atoms with van der Waals surface area (Å²) in [5.41, 5.74) is 19.0. The van der Waals surface area contributed by atoms with Crippen molar-refractivity contribution in [3.8, 4) is 62.0 Å². The normalized spacial score (nSPS) is 13.5. The number of nitrogens with one attached hydrogen (secondary N) is 4. The number of halogens is 1. The molecule has 0 saturated carbocycles. The second-order valence-electron chi connectivity index (χ2n) is 23.8. The van der Waals surface area contributed by atoms with Gasteiger partial charge in [0.2, 0.25) is 0 Å². The Kier molecular flexibility index (Phi) is 19.1. The van der Waals surface area contributed by atoms with Gasteiger partial charge < -0.3 is 64.3 Å². The molecule has 0 unspecified atom stereocenters. The number of H-pyrrole nitrogens is 2. The van der Waals surface area contributed by atoms with E-state index < -0.39 is 10.4 Å². The number of carbonyl (C=O) groups excluding carboxylic acids is 2. The number of aromatic nitrogens is 8. The van der Waals surface area contributed by atoms with E-state index in [1.807, 2.05) is 119 Å². The number of aryl methyl sites for hydroxylation is 6. The number of hydrogen-bond donors (Lipinski definition) is 5. The molecule has 2 amide bonds. The van der Waals surface area contributed by atoms with E-state index in [1.54, 1.807) is 14.2 Å². The van der Waals surface area contributed by atoms with Crippen LogP contribution in [0.2, 0.25) is 0 Å². The van der Waals surface area contributed by atoms with Crippen molar-refractivity contribution in [1.82, 2.24) is 60.2 Å². The number of nitrogens with two attached hydrogens (primary N) is 1. The molecule has 6 N–H and O–H groups in total. The van der Waals surface area contributed by atoms with Crippen molar-refractivity contribution in [2.45, 2.75) is 41.5 Å². The lowest BCUT2D eigenvalue weighted by Gasteiger charge is -2.32. The number of carbonyl (C=O) groups is 2. The molecule has 2 aliphatic heterocycles. The fraction of sp³-hybridized carbons (Fsp3) is 0.250. The molecule has 97 heavy (non-hydrogen) atoms. The van der Waals surface area contributed by atoms with Crippen LogP contribution in [0.5, 0.6) is 17.2 Å². The molecule has 15 rings (SSSR count). The van der Waals surface area contributed by atoms with E-state index in [4.69, 9.17) is 55.8 Å². The first-order valence-electron chi connectivity index (χ1n) is 31.4. The Morgan fingerprint density at radius 1 is 0.588 bits per heavy atom. The minimum Gasteiger partial charge on any atom is -0.496 e. The van der Waals surface area contributed by atoms with Crippen LogP contribution in [0.4, 0.5) is 26.7 Å². The van der Waals surface area contributed by atoms with Crippen LogP contribution in [0, 0.1) is 51.7 Å². The summed E-state index contributed by atoms with van der Waals surface area (Å²) in [5.74, 6) is 4.43. The first kappa shape index (κ1) is 66.0. The smallest absolute Gasteiger partial charge is 0.409 e. The number of non-ortho nitro benzene ring substituents is 1. The number of methoxy groups -OCH3 is 2. The largest absolute Gasteiger partial charge is 0.496 e. The highest BCUT2D eigenvalue weighted by Gasteiger charge is 2.26. The second kappa shape index (κ2) is 28.1. The molecule has 2 aliphatic rings. The number of nitrogens with zero attached hydrogens (tertiary/aromatic N) is 10. The number of aromatic amines is 2. The van der Waals surface area contributed by atoms with Crippen molar-refractivity contribution in [2.75, 3.05) is 91.7 Å². The summed E-state index contributed by atoms with van der Waals surface area (Å²) in [6.07, 6.45) is 0. The average molecular weight is 1330 g/mol. The van der Waals surface area contributed by atoms with Gasteiger partial charge in [0.15, 0.2) is 0 Å². The lowest BCUT2D eigenvalue weighted by atomic mass is 9.97. The Balaban J connectivity index is 0.000000146. The van der Waals surface area contributed by atoms with E-state index in [1.165, 1.54) is 37.4 Å². The number of fused-ring (bicyclic) bond motifs is 8. The number of ether oxygens (including phenoxy) is 3. The van der Waals surface area contributed by atoms with Crippen molar-refractivity contribution in [3.63, 3.8) is 0 Å². The monoisotopic (exact) mass is 1330 g/mol. The van der Waals surface area contributed by atoms with Crippen molar-refractivity contribution >= 4 is 106 Å². The van der Waals surface area contributed by atoms with Gasteiger partial charge in [0.25, 0.3) is 5.69 Å². The summed E-state index contributed by atoms with van der Waals surface area (Å²) in [5, 5.41) is 32.7. The van der Waals surface area contributed by atoms with Crippen molar-refractivity contribution < 1.29 is 37.8 Å². The van der Waals surface area contributed by atoms with Gasteiger partial charge >= 0.3 is 11.5 Å². The zero-order chi connectivity index (χ0) is 68.3. The Morgan fingerprint density at radius 2 is 1.06 bits per heavy atom. The number of urea groups is 1. The quantitative estimate of drug-likeness (QED) is 0.0388. The van der Waals surface area contributed by atoms with E-state index in [2.05, 4.69) is 83.8 Å². The van der Waals surface area contributed by atoms with E-state index in [-0.39, 0.29) is 17.5 Å². The number of amides is 2. The molecule has 2 saturated heterocycles. The fourth-order valence-electron chi connectivity index (χ4n) is 12.6. The van der Waals surface area contributed by atoms with Crippen LogP contribution in [0.25, 0.3) is 110 Å². The maximum absolute atomic E-state index is 13.2. The third kappa shape index (κ3) is 13.6. The van der Waals surface area contributed by atoms with Gasteiger partial charge in [-0.05, 0) is 115 Å².